The van der Waals surface area contributed by atoms with Gasteiger partial charge in [0.15, 0.2) is 0 Å². The lowest BCUT2D eigenvalue weighted by molar-refractivity contribution is 0.919. The van der Waals surface area contributed by atoms with Crippen molar-refractivity contribution in [3.8, 4) is 0 Å². The molecule has 0 atom stereocenters. The highest BCUT2D eigenvalue weighted by Crippen LogP contribution is 2.16. The fraction of sp³-hybridized carbons (Fsp3) is 0.273. The van der Waals surface area contributed by atoms with Crippen LogP contribution in [0.5, 0.6) is 0 Å². The largest absolute Gasteiger partial charge is 0.353 e. The van der Waals surface area contributed by atoms with Crippen LogP contribution in [0.1, 0.15) is 11.1 Å². The third kappa shape index (κ3) is 2.52. The maximum atomic E-state index is 6.06. The van der Waals surface area contributed by atoms with Crippen LogP contribution in [0.25, 0.3) is 0 Å². The highest BCUT2D eigenvalue weighted by atomic mass is 35.5. The van der Waals surface area contributed by atoms with Crippen LogP contribution in [0.4, 0.5) is 0 Å². The van der Waals surface area contributed by atoms with Crippen LogP contribution < -0.4 is 10.7 Å². The second-order valence-corrected chi connectivity index (χ2v) is 3.90. The Morgan fingerprint density at radius 1 is 1.56 bits per heavy atom. The summed E-state index contributed by atoms with van der Waals surface area (Å²) in [5.41, 5.74) is 4.86. The van der Waals surface area contributed by atoms with Crippen molar-refractivity contribution >= 4 is 23.8 Å². The quantitative estimate of drug-likeness (QED) is 0.605. The minimum absolute atomic E-state index is 0.701. The molecule has 1 aromatic carbocycles. The Morgan fingerprint density at radius 2 is 2.44 bits per heavy atom. The molecule has 0 fully saturated rings. The first-order chi connectivity index (χ1) is 7.77. The summed E-state index contributed by atoms with van der Waals surface area (Å²) in [5, 5.41) is 7.86. The Kier molecular flexibility index (Phi) is 3.41. The maximum absolute atomic E-state index is 6.06. The van der Waals surface area contributed by atoms with E-state index in [-0.39, 0.29) is 0 Å². The van der Waals surface area contributed by atoms with Crippen LogP contribution in [0.3, 0.4) is 0 Å². The predicted octanol–water partition coefficient (Wildman–Crippen LogP) is 1.53. The van der Waals surface area contributed by atoms with Gasteiger partial charge in [-0.3, -0.25) is 0 Å². The lowest BCUT2D eigenvalue weighted by atomic mass is 10.1. The van der Waals surface area contributed by atoms with E-state index in [2.05, 4.69) is 20.8 Å². The molecular formula is C11H13ClN4. The summed E-state index contributed by atoms with van der Waals surface area (Å²) < 4.78 is 0. The molecule has 0 amide bonds. The van der Waals surface area contributed by atoms with E-state index in [0.29, 0.717) is 11.0 Å². The van der Waals surface area contributed by atoms with Crippen molar-refractivity contribution in [2.45, 2.75) is 6.92 Å². The molecular weight excluding hydrogens is 224 g/mol. The number of benzene rings is 1. The minimum atomic E-state index is 0.701. The van der Waals surface area contributed by atoms with Crippen molar-refractivity contribution in [3.63, 3.8) is 0 Å². The zero-order chi connectivity index (χ0) is 11.4. The van der Waals surface area contributed by atoms with Gasteiger partial charge in [0.1, 0.15) is 0 Å². The standard InChI is InChI=1S/C11H13ClN4/c1-8-3-2-4-10(12)9(8)7-15-16-11-13-5-6-14-11/h2-4,7H,5-6H2,1H3,(H2,13,14,16)/b15-7+. The van der Waals surface area contributed by atoms with Crippen LogP contribution in [-0.2, 0) is 0 Å². The predicted molar refractivity (Wildman–Crippen MR) is 67.2 cm³/mol. The smallest absolute Gasteiger partial charge is 0.212 e. The minimum Gasteiger partial charge on any atom is -0.353 e. The van der Waals surface area contributed by atoms with Crippen LogP contribution in [-0.4, -0.2) is 25.3 Å². The summed E-state index contributed by atoms with van der Waals surface area (Å²) in [6, 6.07) is 5.77. The number of guanidine groups is 1. The highest BCUT2D eigenvalue weighted by Gasteiger charge is 2.03. The van der Waals surface area contributed by atoms with E-state index in [0.717, 1.165) is 24.2 Å². The molecule has 0 radical (unpaired) electrons. The Labute approximate surface area is 99.4 Å². The number of nitrogens with zero attached hydrogens (tertiary/aromatic N) is 2. The average Bonchev–Trinajstić information content (AvgIpc) is 2.75. The van der Waals surface area contributed by atoms with Gasteiger partial charge in [-0.15, -0.1) is 0 Å². The first kappa shape index (κ1) is 11.0. The molecule has 0 bridgehead atoms. The number of hydrogen-bond donors (Lipinski definition) is 2. The molecule has 5 heteroatoms. The molecule has 0 spiro atoms. The van der Waals surface area contributed by atoms with E-state index in [1.165, 1.54) is 0 Å². The van der Waals surface area contributed by atoms with Crippen LogP contribution in [0.2, 0.25) is 5.02 Å². The second kappa shape index (κ2) is 4.99. The Balaban J connectivity index is 2.05. The van der Waals surface area contributed by atoms with Crippen molar-refractivity contribution in [2.75, 3.05) is 13.1 Å². The van der Waals surface area contributed by atoms with E-state index in [9.17, 15) is 0 Å². The maximum Gasteiger partial charge on any atom is 0.212 e. The van der Waals surface area contributed by atoms with Gasteiger partial charge in [-0.25, -0.2) is 10.4 Å². The molecule has 0 saturated heterocycles. The van der Waals surface area contributed by atoms with E-state index in [4.69, 9.17) is 11.6 Å². The Hall–Kier alpha value is -1.55. The fourth-order valence-corrected chi connectivity index (χ4v) is 1.71. The summed E-state index contributed by atoms with van der Waals surface area (Å²) >= 11 is 6.06. The number of aliphatic imine (C=N–C) groups is 1. The van der Waals surface area contributed by atoms with Crippen molar-refractivity contribution in [1.29, 1.82) is 0 Å². The number of hydrazone groups is 1. The van der Waals surface area contributed by atoms with E-state index in [1.807, 2.05) is 25.1 Å². The third-order valence-corrected chi connectivity index (χ3v) is 2.64. The van der Waals surface area contributed by atoms with Gasteiger partial charge in [-0.05, 0) is 18.6 Å². The van der Waals surface area contributed by atoms with Gasteiger partial charge in [0.25, 0.3) is 0 Å². The van der Waals surface area contributed by atoms with Crippen molar-refractivity contribution in [1.82, 2.24) is 10.7 Å². The van der Waals surface area contributed by atoms with E-state index < -0.39 is 0 Å². The summed E-state index contributed by atoms with van der Waals surface area (Å²) in [5.74, 6) is 0.709. The zero-order valence-corrected chi connectivity index (χ0v) is 9.75. The molecule has 1 heterocycles. The average molecular weight is 237 g/mol. The topological polar surface area (TPSA) is 48.8 Å². The highest BCUT2D eigenvalue weighted by molar-refractivity contribution is 6.33. The molecule has 4 nitrogen and oxygen atoms in total. The van der Waals surface area contributed by atoms with E-state index in [1.54, 1.807) is 6.21 Å². The van der Waals surface area contributed by atoms with Gasteiger partial charge >= 0.3 is 0 Å². The van der Waals surface area contributed by atoms with Gasteiger partial charge in [0, 0.05) is 17.1 Å². The van der Waals surface area contributed by atoms with Gasteiger partial charge in [0.2, 0.25) is 5.96 Å². The lowest BCUT2D eigenvalue weighted by Gasteiger charge is -2.03. The van der Waals surface area contributed by atoms with Crippen molar-refractivity contribution in [3.05, 3.63) is 34.3 Å². The molecule has 2 N–H and O–H groups in total. The molecule has 1 aliphatic heterocycles. The van der Waals surface area contributed by atoms with Gasteiger partial charge in [0.05, 0.1) is 12.8 Å². The number of rotatable bonds is 2. The molecule has 1 aromatic rings. The zero-order valence-electron chi connectivity index (χ0n) is 9.00. The van der Waals surface area contributed by atoms with Gasteiger partial charge < -0.3 is 5.32 Å². The molecule has 84 valence electrons. The molecule has 2 rings (SSSR count). The van der Waals surface area contributed by atoms with Gasteiger partial charge in [-0.2, -0.15) is 5.10 Å². The lowest BCUT2D eigenvalue weighted by Crippen LogP contribution is -2.30. The number of nitrogens with one attached hydrogen (secondary N) is 2. The SMILES string of the molecule is Cc1cccc(Cl)c1/C=N/NC1=NCCN1. The van der Waals surface area contributed by atoms with Gasteiger partial charge in [-0.1, -0.05) is 23.7 Å². The van der Waals surface area contributed by atoms with Crippen LogP contribution in [0.15, 0.2) is 28.3 Å². The first-order valence-electron chi connectivity index (χ1n) is 5.10. The molecule has 0 aromatic heterocycles. The number of aryl methyl sites for hydroxylation is 1. The summed E-state index contributed by atoms with van der Waals surface area (Å²) in [7, 11) is 0. The number of halogens is 1. The van der Waals surface area contributed by atoms with Crippen molar-refractivity contribution in [2.24, 2.45) is 10.1 Å². The number of hydrogen-bond acceptors (Lipinski definition) is 4. The monoisotopic (exact) mass is 236 g/mol. The van der Waals surface area contributed by atoms with Crippen molar-refractivity contribution < 1.29 is 0 Å². The first-order valence-corrected chi connectivity index (χ1v) is 5.47. The molecule has 16 heavy (non-hydrogen) atoms. The normalized spacial score (nSPS) is 15.0. The fourth-order valence-electron chi connectivity index (χ4n) is 1.44. The summed E-state index contributed by atoms with van der Waals surface area (Å²) in [6.07, 6.45) is 1.71. The second-order valence-electron chi connectivity index (χ2n) is 3.50. The van der Waals surface area contributed by atoms with Crippen LogP contribution in [0, 0.1) is 6.92 Å². The Bertz CT molecular complexity index is 419. The Morgan fingerprint density at radius 3 is 3.12 bits per heavy atom. The molecule has 0 unspecified atom stereocenters. The van der Waals surface area contributed by atoms with E-state index >= 15 is 0 Å². The molecule has 0 aliphatic carbocycles. The molecule has 1 aliphatic rings. The molecule has 0 saturated carbocycles. The third-order valence-electron chi connectivity index (χ3n) is 2.31. The van der Waals surface area contributed by atoms with Crippen LogP contribution >= 0.6 is 11.6 Å². The summed E-state index contributed by atoms with van der Waals surface area (Å²) in [4.78, 5) is 4.16. The summed E-state index contributed by atoms with van der Waals surface area (Å²) in [6.45, 7) is 3.66.